The maximum atomic E-state index is 12.1. The highest BCUT2D eigenvalue weighted by Crippen LogP contribution is 2.30. The number of hydrogen-bond donors (Lipinski definition) is 1. The van der Waals surface area contributed by atoms with Crippen molar-refractivity contribution in [2.45, 2.75) is 39.7 Å². The standard InChI is InChI=1S/C11H20N4O/c1-10(2,11(3,4)12)9(16)6-8-7-15(5)14-13-8/h7H,6,12H2,1-5H3. The van der Waals surface area contributed by atoms with Crippen LogP contribution in [0.15, 0.2) is 6.20 Å². The van der Waals surface area contributed by atoms with E-state index in [9.17, 15) is 4.79 Å². The Morgan fingerprint density at radius 1 is 1.44 bits per heavy atom. The Hall–Kier alpha value is -1.23. The fourth-order valence-electron chi connectivity index (χ4n) is 1.22. The second-order valence-corrected chi connectivity index (χ2v) is 5.33. The van der Waals surface area contributed by atoms with Gasteiger partial charge in [0.25, 0.3) is 0 Å². The lowest BCUT2D eigenvalue weighted by atomic mass is 9.71. The van der Waals surface area contributed by atoms with Gasteiger partial charge in [-0.15, -0.1) is 5.10 Å². The van der Waals surface area contributed by atoms with E-state index in [0.29, 0.717) is 5.69 Å². The number of carbonyl (C=O) groups excluding carboxylic acids is 1. The predicted octanol–water partition coefficient (Wildman–Crippen LogP) is 0.690. The zero-order valence-electron chi connectivity index (χ0n) is 10.6. The van der Waals surface area contributed by atoms with Crippen molar-refractivity contribution in [3.63, 3.8) is 0 Å². The Bertz CT molecular complexity index is 387. The van der Waals surface area contributed by atoms with Crippen molar-refractivity contribution in [3.05, 3.63) is 11.9 Å². The van der Waals surface area contributed by atoms with Gasteiger partial charge in [-0.3, -0.25) is 9.48 Å². The number of nitrogens with zero attached hydrogens (tertiary/aromatic N) is 3. The summed E-state index contributed by atoms with van der Waals surface area (Å²) < 4.78 is 1.59. The summed E-state index contributed by atoms with van der Waals surface area (Å²) in [6.07, 6.45) is 2.03. The quantitative estimate of drug-likeness (QED) is 0.816. The molecule has 0 aromatic carbocycles. The summed E-state index contributed by atoms with van der Waals surface area (Å²) in [6.45, 7) is 7.46. The maximum absolute atomic E-state index is 12.1. The SMILES string of the molecule is Cn1cc(CC(=O)C(C)(C)C(C)(C)N)nn1. The minimum atomic E-state index is -0.579. The molecule has 0 bridgehead atoms. The summed E-state index contributed by atoms with van der Waals surface area (Å²) in [4.78, 5) is 12.1. The zero-order chi connectivity index (χ0) is 12.6. The van der Waals surface area contributed by atoms with Crippen LogP contribution in [0.25, 0.3) is 0 Å². The number of hydrogen-bond acceptors (Lipinski definition) is 4. The van der Waals surface area contributed by atoms with E-state index in [1.54, 1.807) is 17.9 Å². The monoisotopic (exact) mass is 224 g/mol. The summed E-state index contributed by atoms with van der Waals surface area (Å²) >= 11 is 0. The number of carbonyl (C=O) groups is 1. The van der Waals surface area contributed by atoms with Crippen LogP contribution in [0.3, 0.4) is 0 Å². The van der Waals surface area contributed by atoms with Gasteiger partial charge in [-0.25, -0.2) is 0 Å². The average Bonchev–Trinajstić information content (AvgIpc) is 2.49. The van der Waals surface area contributed by atoms with Crippen LogP contribution >= 0.6 is 0 Å². The average molecular weight is 224 g/mol. The van der Waals surface area contributed by atoms with E-state index >= 15 is 0 Å². The molecule has 1 aromatic heterocycles. The molecule has 0 spiro atoms. The third-order valence-electron chi connectivity index (χ3n) is 3.30. The molecule has 0 aliphatic carbocycles. The van der Waals surface area contributed by atoms with Gasteiger partial charge in [-0.1, -0.05) is 19.1 Å². The molecule has 1 heterocycles. The van der Waals surface area contributed by atoms with Crippen LogP contribution in [0, 0.1) is 5.41 Å². The highest BCUT2D eigenvalue weighted by Gasteiger charge is 2.39. The first kappa shape index (κ1) is 12.8. The van der Waals surface area contributed by atoms with Crippen molar-refractivity contribution in [2.24, 2.45) is 18.2 Å². The minimum absolute atomic E-state index is 0.0838. The Morgan fingerprint density at radius 2 is 2.00 bits per heavy atom. The summed E-state index contributed by atoms with van der Waals surface area (Å²) in [6, 6.07) is 0. The molecule has 0 unspecified atom stereocenters. The Balaban J connectivity index is 2.80. The van der Waals surface area contributed by atoms with Crippen LogP contribution in [-0.2, 0) is 18.3 Å². The van der Waals surface area contributed by atoms with Crippen LogP contribution in [0.2, 0.25) is 0 Å². The number of Topliss-reactive ketones (excluding diaryl/α,β-unsaturated/α-hetero) is 1. The molecule has 1 rings (SSSR count). The van der Waals surface area contributed by atoms with Crippen molar-refractivity contribution < 1.29 is 4.79 Å². The third-order valence-corrected chi connectivity index (χ3v) is 3.30. The molecular formula is C11H20N4O. The molecular weight excluding hydrogens is 204 g/mol. The third kappa shape index (κ3) is 2.47. The first-order valence-electron chi connectivity index (χ1n) is 5.32. The molecule has 0 aliphatic rings. The molecule has 0 saturated carbocycles. The van der Waals surface area contributed by atoms with E-state index in [1.165, 1.54) is 0 Å². The summed E-state index contributed by atoms with van der Waals surface area (Å²) in [5.41, 5.74) is 5.57. The maximum Gasteiger partial charge on any atom is 0.146 e. The van der Waals surface area contributed by atoms with Gasteiger partial charge in [0.05, 0.1) is 12.1 Å². The first-order valence-corrected chi connectivity index (χ1v) is 5.32. The van der Waals surface area contributed by atoms with Gasteiger partial charge in [-0.05, 0) is 13.8 Å². The van der Waals surface area contributed by atoms with Gasteiger partial charge >= 0.3 is 0 Å². The van der Waals surface area contributed by atoms with Gasteiger partial charge in [-0.2, -0.15) is 0 Å². The van der Waals surface area contributed by atoms with Gasteiger partial charge < -0.3 is 5.73 Å². The number of rotatable bonds is 4. The number of aryl methyl sites for hydroxylation is 1. The summed E-state index contributed by atoms with van der Waals surface area (Å²) in [7, 11) is 1.78. The van der Waals surface area contributed by atoms with Gasteiger partial charge in [0.15, 0.2) is 0 Å². The Kier molecular flexibility index (Phi) is 3.19. The smallest absolute Gasteiger partial charge is 0.146 e. The number of nitrogens with two attached hydrogens (primary N) is 1. The lowest BCUT2D eigenvalue weighted by Gasteiger charge is -2.36. The fraction of sp³-hybridized carbons (Fsp3) is 0.727. The molecule has 0 aliphatic heterocycles. The van der Waals surface area contributed by atoms with Crippen molar-refractivity contribution in [1.29, 1.82) is 0 Å². The van der Waals surface area contributed by atoms with Crippen LogP contribution in [0.4, 0.5) is 0 Å². The molecule has 0 atom stereocenters. The molecule has 16 heavy (non-hydrogen) atoms. The van der Waals surface area contributed by atoms with E-state index in [1.807, 2.05) is 27.7 Å². The molecule has 5 heteroatoms. The largest absolute Gasteiger partial charge is 0.325 e. The molecule has 5 nitrogen and oxygen atoms in total. The van der Waals surface area contributed by atoms with Crippen LogP contribution in [0.1, 0.15) is 33.4 Å². The van der Waals surface area contributed by atoms with E-state index in [2.05, 4.69) is 10.3 Å². The van der Waals surface area contributed by atoms with E-state index in [0.717, 1.165) is 0 Å². The van der Waals surface area contributed by atoms with Crippen LogP contribution in [0.5, 0.6) is 0 Å². The zero-order valence-corrected chi connectivity index (χ0v) is 10.6. The second kappa shape index (κ2) is 3.97. The molecule has 0 amide bonds. The predicted molar refractivity (Wildman–Crippen MR) is 61.8 cm³/mol. The van der Waals surface area contributed by atoms with Crippen molar-refractivity contribution in [2.75, 3.05) is 0 Å². The highest BCUT2D eigenvalue weighted by molar-refractivity contribution is 5.87. The molecule has 0 radical (unpaired) electrons. The first-order chi connectivity index (χ1) is 7.14. The summed E-state index contributed by atoms with van der Waals surface area (Å²) in [5.74, 6) is 0.0838. The lowest BCUT2D eigenvalue weighted by molar-refractivity contribution is -0.129. The van der Waals surface area contributed by atoms with Crippen molar-refractivity contribution >= 4 is 5.78 Å². The molecule has 1 aromatic rings. The highest BCUT2D eigenvalue weighted by atomic mass is 16.1. The summed E-state index contributed by atoms with van der Waals surface area (Å²) in [5, 5.41) is 7.70. The van der Waals surface area contributed by atoms with Crippen molar-refractivity contribution in [1.82, 2.24) is 15.0 Å². The van der Waals surface area contributed by atoms with Crippen LogP contribution < -0.4 is 5.73 Å². The number of ketones is 1. The van der Waals surface area contributed by atoms with E-state index in [-0.39, 0.29) is 12.2 Å². The van der Waals surface area contributed by atoms with Gasteiger partial charge in [0.2, 0.25) is 0 Å². The van der Waals surface area contributed by atoms with Crippen LogP contribution in [-0.4, -0.2) is 26.3 Å². The van der Waals surface area contributed by atoms with E-state index < -0.39 is 11.0 Å². The van der Waals surface area contributed by atoms with Gasteiger partial charge in [0, 0.05) is 24.2 Å². The molecule has 0 saturated heterocycles. The Morgan fingerprint density at radius 3 is 2.38 bits per heavy atom. The molecule has 0 fully saturated rings. The Labute approximate surface area is 96.0 Å². The second-order valence-electron chi connectivity index (χ2n) is 5.33. The number of aromatic nitrogens is 3. The van der Waals surface area contributed by atoms with Crippen molar-refractivity contribution in [3.8, 4) is 0 Å². The normalized spacial score (nSPS) is 12.9. The topological polar surface area (TPSA) is 73.8 Å². The lowest BCUT2D eigenvalue weighted by Crippen LogP contribution is -2.52. The molecule has 90 valence electrons. The molecule has 2 N–H and O–H groups in total. The minimum Gasteiger partial charge on any atom is -0.325 e. The van der Waals surface area contributed by atoms with Gasteiger partial charge in [0.1, 0.15) is 5.78 Å². The van der Waals surface area contributed by atoms with E-state index in [4.69, 9.17) is 5.73 Å². The fourth-order valence-corrected chi connectivity index (χ4v) is 1.22.